The molecule has 0 aliphatic heterocycles. The van der Waals surface area contributed by atoms with Crippen molar-refractivity contribution in [2.24, 2.45) is 11.8 Å². The summed E-state index contributed by atoms with van der Waals surface area (Å²) in [6.07, 6.45) is 7.54. The van der Waals surface area contributed by atoms with Crippen LogP contribution in [-0.2, 0) is 4.74 Å². The van der Waals surface area contributed by atoms with Crippen LogP contribution in [0.25, 0.3) is 0 Å². The predicted molar refractivity (Wildman–Crippen MR) is 58.2 cm³/mol. The van der Waals surface area contributed by atoms with Crippen molar-refractivity contribution >= 4 is 0 Å². The molecule has 1 saturated carbocycles. The summed E-state index contributed by atoms with van der Waals surface area (Å²) in [5.41, 5.74) is 0. The highest BCUT2D eigenvalue weighted by atomic mass is 16.5. The largest absolute Gasteiger partial charge is 0.393 e. The summed E-state index contributed by atoms with van der Waals surface area (Å²) in [5, 5.41) is 9.92. The predicted octanol–water partition coefficient (Wildman–Crippen LogP) is 2.60. The summed E-state index contributed by atoms with van der Waals surface area (Å²) >= 11 is 0. The zero-order valence-corrected chi connectivity index (χ0v) is 9.54. The van der Waals surface area contributed by atoms with Gasteiger partial charge in [0.2, 0.25) is 0 Å². The quantitative estimate of drug-likeness (QED) is 0.739. The van der Waals surface area contributed by atoms with Crippen LogP contribution in [0.15, 0.2) is 0 Å². The molecule has 0 aromatic rings. The molecule has 2 heteroatoms. The fourth-order valence-electron chi connectivity index (χ4n) is 2.37. The van der Waals surface area contributed by atoms with Gasteiger partial charge in [0.1, 0.15) is 0 Å². The van der Waals surface area contributed by atoms with E-state index in [1.165, 1.54) is 32.1 Å². The van der Waals surface area contributed by atoms with Gasteiger partial charge in [-0.2, -0.15) is 0 Å². The SMILES string of the molecule is COCC(C)C(O)CC1CCCCC1. The Bertz CT molecular complexity index is 141. The lowest BCUT2D eigenvalue weighted by Crippen LogP contribution is -2.25. The summed E-state index contributed by atoms with van der Waals surface area (Å²) < 4.78 is 5.05. The molecule has 1 N–H and O–H groups in total. The van der Waals surface area contributed by atoms with Gasteiger partial charge in [0.25, 0.3) is 0 Å². The molecule has 0 radical (unpaired) electrons. The highest BCUT2D eigenvalue weighted by molar-refractivity contribution is 4.72. The number of methoxy groups -OCH3 is 1. The maximum absolute atomic E-state index is 9.92. The second-order valence-corrected chi connectivity index (χ2v) is 4.74. The van der Waals surface area contributed by atoms with E-state index in [0.717, 1.165) is 12.3 Å². The van der Waals surface area contributed by atoms with E-state index in [-0.39, 0.29) is 12.0 Å². The minimum Gasteiger partial charge on any atom is -0.393 e. The molecule has 2 atom stereocenters. The maximum Gasteiger partial charge on any atom is 0.0590 e. The first kappa shape index (κ1) is 12.0. The van der Waals surface area contributed by atoms with E-state index in [4.69, 9.17) is 4.74 Å². The second-order valence-electron chi connectivity index (χ2n) is 4.74. The molecule has 0 amide bonds. The Kier molecular flexibility index (Phi) is 5.49. The molecular weight excluding hydrogens is 176 g/mol. The smallest absolute Gasteiger partial charge is 0.0590 e. The molecule has 0 saturated heterocycles. The Morgan fingerprint density at radius 1 is 1.29 bits per heavy atom. The van der Waals surface area contributed by atoms with Gasteiger partial charge in [-0.25, -0.2) is 0 Å². The first-order chi connectivity index (χ1) is 6.74. The van der Waals surface area contributed by atoms with E-state index in [1.54, 1.807) is 7.11 Å². The van der Waals surface area contributed by atoms with Gasteiger partial charge in [0.15, 0.2) is 0 Å². The average molecular weight is 200 g/mol. The molecule has 14 heavy (non-hydrogen) atoms. The highest BCUT2D eigenvalue weighted by Crippen LogP contribution is 2.28. The third-order valence-corrected chi connectivity index (χ3v) is 3.39. The van der Waals surface area contributed by atoms with Crippen LogP contribution in [0, 0.1) is 11.8 Å². The van der Waals surface area contributed by atoms with E-state index in [1.807, 2.05) is 0 Å². The molecule has 1 aliphatic carbocycles. The first-order valence-corrected chi connectivity index (χ1v) is 5.91. The minimum atomic E-state index is -0.168. The number of rotatable bonds is 5. The van der Waals surface area contributed by atoms with Crippen molar-refractivity contribution in [1.82, 2.24) is 0 Å². The second kappa shape index (κ2) is 6.41. The lowest BCUT2D eigenvalue weighted by Gasteiger charge is -2.26. The summed E-state index contributed by atoms with van der Waals surface area (Å²) in [5.74, 6) is 1.04. The van der Waals surface area contributed by atoms with Crippen LogP contribution in [-0.4, -0.2) is 24.9 Å². The molecule has 2 nitrogen and oxygen atoms in total. The lowest BCUT2D eigenvalue weighted by molar-refractivity contribution is 0.0373. The van der Waals surface area contributed by atoms with Gasteiger partial charge >= 0.3 is 0 Å². The summed E-state index contributed by atoms with van der Waals surface area (Å²) in [6, 6.07) is 0. The highest BCUT2D eigenvalue weighted by Gasteiger charge is 2.21. The molecule has 2 unspecified atom stereocenters. The standard InChI is InChI=1S/C12H24O2/c1-10(9-14-2)12(13)8-11-6-4-3-5-7-11/h10-13H,3-9H2,1-2H3. The molecule has 1 aliphatic rings. The van der Waals surface area contributed by atoms with Gasteiger partial charge in [-0.1, -0.05) is 39.0 Å². The van der Waals surface area contributed by atoms with Gasteiger partial charge in [-0.05, 0) is 12.3 Å². The van der Waals surface area contributed by atoms with Crippen LogP contribution in [0.3, 0.4) is 0 Å². The van der Waals surface area contributed by atoms with Gasteiger partial charge in [0.05, 0.1) is 12.7 Å². The van der Waals surface area contributed by atoms with E-state index in [2.05, 4.69) is 6.92 Å². The van der Waals surface area contributed by atoms with Crippen molar-refractivity contribution in [2.75, 3.05) is 13.7 Å². The zero-order chi connectivity index (χ0) is 10.4. The van der Waals surface area contributed by atoms with E-state index in [9.17, 15) is 5.11 Å². The van der Waals surface area contributed by atoms with Crippen molar-refractivity contribution in [3.8, 4) is 0 Å². The first-order valence-electron chi connectivity index (χ1n) is 5.91. The average Bonchev–Trinajstić information content (AvgIpc) is 2.19. The van der Waals surface area contributed by atoms with Crippen LogP contribution in [0.5, 0.6) is 0 Å². The van der Waals surface area contributed by atoms with E-state index < -0.39 is 0 Å². The van der Waals surface area contributed by atoms with Crippen LogP contribution in [0.1, 0.15) is 45.4 Å². The molecule has 84 valence electrons. The number of aliphatic hydroxyl groups excluding tert-OH is 1. The Balaban J connectivity index is 2.20. The van der Waals surface area contributed by atoms with Crippen molar-refractivity contribution in [1.29, 1.82) is 0 Å². The third-order valence-electron chi connectivity index (χ3n) is 3.39. The normalized spacial score (nSPS) is 23.4. The van der Waals surface area contributed by atoms with Crippen molar-refractivity contribution in [3.05, 3.63) is 0 Å². The maximum atomic E-state index is 9.92. The zero-order valence-electron chi connectivity index (χ0n) is 9.54. The Morgan fingerprint density at radius 2 is 1.93 bits per heavy atom. The Morgan fingerprint density at radius 3 is 2.50 bits per heavy atom. The molecule has 1 fully saturated rings. The summed E-state index contributed by atoms with van der Waals surface area (Å²) in [7, 11) is 1.70. The molecule has 0 spiro atoms. The topological polar surface area (TPSA) is 29.5 Å². The molecular formula is C12H24O2. The van der Waals surface area contributed by atoms with Crippen molar-refractivity contribution in [3.63, 3.8) is 0 Å². The monoisotopic (exact) mass is 200 g/mol. The lowest BCUT2D eigenvalue weighted by atomic mass is 9.83. The van der Waals surface area contributed by atoms with Gasteiger partial charge < -0.3 is 9.84 Å². The van der Waals surface area contributed by atoms with Gasteiger partial charge in [-0.3, -0.25) is 0 Å². The third kappa shape index (κ3) is 3.97. The number of hydrogen-bond acceptors (Lipinski definition) is 2. The molecule has 1 rings (SSSR count). The van der Waals surface area contributed by atoms with Crippen LogP contribution in [0.4, 0.5) is 0 Å². The van der Waals surface area contributed by atoms with E-state index >= 15 is 0 Å². The Labute approximate surface area is 87.7 Å². The number of hydrogen-bond donors (Lipinski definition) is 1. The van der Waals surface area contributed by atoms with E-state index in [0.29, 0.717) is 6.61 Å². The fourth-order valence-corrected chi connectivity index (χ4v) is 2.37. The number of aliphatic hydroxyl groups is 1. The van der Waals surface area contributed by atoms with Crippen LogP contribution < -0.4 is 0 Å². The molecule has 0 aromatic carbocycles. The number of ether oxygens (including phenoxy) is 1. The van der Waals surface area contributed by atoms with Gasteiger partial charge in [-0.15, -0.1) is 0 Å². The summed E-state index contributed by atoms with van der Waals surface area (Å²) in [6.45, 7) is 2.74. The minimum absolute atomic E-state index is 0.168. The molecule has 0 heterocycles. The van der Waals surface area contributed by atoms with Crippen LogP contribution in [0.2, 0.25) is 0 Å². The Hall–Kier alpha value is -0.0800. The molecule has 0 aromatic heterocycles. The molecule has 0 bridgehead atoms. The van der Waals surface area contributed by atoms with Crippen molar-refractivity contribution < 1.29 is 9.84 Å². The van der Waals surface area contributed by atoms with Crippen molar-refractivity contribution in [2.45, 2.75) is 51.6 Å². The van der Waals surface area contributed by atoms with Gasteiger partial charge in [0, 0.05) is 13.0 Å². The van der Waals surface area contributed by atoms with Crippen LogP contribution >= 0.6 is 0 Å². The fraction of sp³-hybridized carbons (Fsp3) is 1.00. The summed E-state index contributed by atoms with van der Waals surface area (Å²) in [4.78, 5) is 0.